The average molecular weight is 940 g/mol. The van der Waals surface area contributed by atoms with Crippen molar-refractivity contribution < 1.29 is 28.6 Å². The zero-order valence-corrected chi connectivity index (χ0v) is 44.7. The summed E-state index contributed by atoms with van der Waals surface area (Å²) in [7, 11) is 0. The second-order valence-corrected chi connectivity index (χ2v) is 19.5. The Morgan fingerprint density at radius 1 is 0.313 bits per heavy atom. The van der Waals surface area contributed by atoms with Gasteiger partial charge in [-0.1, -0.05) is 275 Å². The van der Waals surface area contributed by atoms with E-state index in [1.54, 1.807) is 0 Å². The molecule has 0 fully saturated rings. The van der Waals surface area contributed by atoms with Crippen LogP contribution in [0.5, 0.6) is 0 Å². The molecule has 0 aromatic carbocycles. The van der Waals surface area contributed by atoms with E-state index in [9.17, 15) is 14.4 Å². The van der Waals surface area contributed by atoms with Crippen molar-refractivity contribution in [3.8, 4) is 0 Å². The normalized spacial score (nSPS) is 12.3. The molecule has 0 radical (unpaired) electrons. The Labute approximate surface area is 416 Å². The van der Waals surface area contributed by atoms with E-state index in [0.29, 0.717) is 19.3 Å². The number of rotatable bonds is 53. The van der Waals surface area contributed by atoms with Gasteiger partial charge in [-0.25, -0.2) is 0 Å². The number of unbranched alkanes of at least 4 members (excludes halogenated alkanes) is 34. The third-order valence-electron chi connectivity index (χ3n) is 12.8. The summed E-state index contributed by atoms with van der Waals surface area (Å²) in [4.78, 5) is 37.9. The first kappa shape index (κ1) is 64.4. The lowest BCUT2D eigenvalue weighted by molar-refractivity contribution is -0.167. The molecule has 0 N–H and O–H groups in total. The Hall–Kier alpha value is -2.63. The van der Waals surface area contributed by atoms with Gasteiger partial charge in [0.05, 0.1) is 0 Å². The molecule has 0 aliphatic carbocycles. The summed E-state index contributed by atoms with van der Waals surface area (Å²) in [6.45, 7) is 6.50. The minimum absolute atomic E-state index is 0.0730. The number of allylic oxidation sites excluding steroid dienone is 8. The number of hydrogen-bond acceptors (Lipinski definition) is 6. The van der Waals surface area contributed by atoms with E-state index in [4.69, 9.17) is 14.2 Å². The lowest BCUT2D eigenvalue weighted by Crippen LogP contribution is -2.30. The van der Waals surface area contributed by atoms with Crippen LogP contribution in [0.25, 0.3) is 0 Å². The summed E-state index contributed by atoms with van der Waals surface area (Å²) >= 11 is 0. The molecule has 6 nitrogen and oxygen atoms in total. The number of esters is 3. The van der Waals surface area contributed by atoms with Crippen LogP contribution in [0.4, 0.5) is 0 Å². The van der Waals surface area contributed by atoms with Crippen molar-refractivity contribution in [1.29, 1.82) is 0 Å². The number of hydrogen-bond donors (Lipinski definition) is 0. The van der Waals surface area contributed by atoms with Crippen LogP contribution in [-0.4, -0.2) is 37.2 Å². The van der Waals surface area contributed by atoms with Crippen molar-refractivity contribution in [2.45, 2.75) is 309 Å². The lowest BCUT2D eigenvalue weighted by atomic mass is 10.0. The first-order valence-electron chi connectivity index (χ1n) is 29.1. The van der Waals surface area contributed by atoms with E-state index in [2.05, 4.69) is 69.4 Å². The van der Waals surface area contributed by atoms with Crippen LogP contribution in [0.3, 0.4) is 0 Å². The van der Waals surface area contributed by atoms with Gasteiger partial charge in [-0.05, 0) is 57.8 Å². The van der Waals surface area contributed by atoms with Crippen LogP contribution < -0.4 is 0 Å². The molecule has 0 aromatic rings. The Bertz CT molecular complexity index is 1170. The third kappa shape index (κ3) is 54.2. The van der Waals surface area contributed by atoms with E-state index in [-0.39, 0.29) is 31.1 Å². The minimum atomic E-state index is -0.772. The zero-order valence-electron chi connectivity index (χ0n) is 44.7. The van der Waals surface area contributed by atoms with Crippen molar-refractivity contribution in [2.75, 3.05) is 13.2 Å². The summed E-state index contributed by atoms with van der Waals surface area (Å²) in [5, 5.41) is 0. The highest BCUT2D eigenvalue weighted by Crippen LogP contribution is 2.17. The standard InChI is InChI=1S/C61H110O6/c1-4-7-10-13-16-18-20-22-24-26-28-30-32-33-35-37-39-41-43-45-48-51-54-60(63)66-57-58(56-65-59(62)53-50-47-15-12-9-6-3)67-61(64)55-52-49-46-44-42-40-38-36-34-31-29-27-25-23-21-19-17-14-11-8-5-2/h8,11,17,19,23,25,29,31,58H,4-7,9-10,12-16,18,20-22,24,26-28,30,32-57H2,1-3H3/b11-8-,19-17-,25-23-,31-29-. The topological polar surface area (TPSA) is 78.9 Å². The second kappa shape index (κ2) is 56.0. The predicted octanol–water partition coefficient (Wildman–Crippen LogP) is 19.4. The Morgan fingerprint density at radius 2 is 0.582 bits per heavy atom. The van der Waals surface area contributed by atoms with E-state index >= 15 is 0 Å². The van der Waals surface area contributed by atoms with Gasteiger partial charge in [0.25, 0.3) is 0 Å². The third-order valence-corrected chi connectivity index (χ3v) is 12.8. The van der Waals surface area contributed by atoms with E-state index in [0.717, 1.165) is 89.9 Å². The van der Waals surface area contributed by atoms with Crippen molar-refractivity contribution >= 4 is 17.9 Å². The lowest BCUT2D eigenvalue weighted by Gasteiger charge is -2.18. The van der Waals surface area contributed by atoms with Gasteiger partial charge >= 0.3 is 17.9 Å². The number of carbonyl (C=O) groups is 3. The molecular formula is C61H110O6. The van der Waals surface area contributed by atoms with Crippen molar-refractivity contribution in [3.05, 3.63) is 48.6 Å². The Balaban J connectivity index is 4.12. The largest absolute Gasteiger partial charge is 0.462 e. The second-order valence-electron chi connectivity index (χ2n) is 19.5. The number of ether oxygens (including phenoxy) is 3. The van der Waals surface area contributed by atoms with Crippen molar-refractivity contribution in [3.63, 3.8) is 0 Å². The first-order valence-corrected chi connectivity index (χ1v) is 29.1. The predicted molar refractivity (Wildman–Crippen MR) is 289 cm³/mol. The molecular weight excluding hydrogens is 829 g/mol. The summed E-state index contributed by atoms with van der Waals surface area (Å²) < 4.78 is 16.8. The van der Waals surface area contributed by atoms with Crippen LogP contribution in [0.1, 0.15) is 303 Å². The quantitative estimate of drug-likeness (QED) is 0.0262. The SMILES string of the molecule is CC/C=C\C/C=C\C/C=C\C/C=C\CCCCCCCCCCC(=O)OC(COC(=O)CCCCCCCC)COC(=O)CCCCCCCCCCCCCCCCCCCCCCCC. The van der Waals surface area contributed by atoms with Crippen molar-refractivity contribution in [2.24, 2.45) is 0 Å². The van der Waals surface area contributed by atoms with Gasteiger partial charge in [0.1, 0.15) is 13.2 Å². The van der Waals surface area contributed by atoms with E-state index in [1.807, 2.05) is 0 Å². The maximum atomic E-state index is 12.8. The van der Waals surface area contributed by atoms with Gasteiger partial charge < -0.3 is 14.2 Å². The molecule has 0 aliphatic rings. The molecule has 67 heavy (non-hydrogen) atoms. The molecule has 1 atom stereocenters. The fourth-order valence-electron chi connectivity index (χ4n) is 8.49. The maximum absolute atomic E-state index is 12.8. The summed E-state index contributed by atoms with van der Waals surface area (Å²) in [5.74, 6) is -0.877. The summed E-state index contributed by atoms with van der Waals surface area (Å²) in [6.07, 6.45) is 68.5. The maximum Gasteiger partial charge on any atom is 0.306 e. The average Bonchev–Trinajstić information content (AvgIpc) is 3.33. The zero-order chi connectivity index (χ0) is 48.6. The molecule has 0 heterocycles. The molecule has 390 valence electrons. The molecule has 0 bridgehead atoms. The van der Waals surface area contributed by atoms with Crippen LogP contribution in [0, 0.1) is 0 Å². The monoisotopic (exact) mass is 939 g/mol. The highest BCUT2D eigenvalue weighted by Gasteiger charge is 2.19. The minimum Gasteiger partial charge on any atom is -0.462 e. The van der Waals surface area contributed by atoms with Crippen LogP contribution in [-0.2, 0) is 28.6 Å². The highest BCUT2D eigenvalue weighted by atomic mass is 16.6. The van der Waals surface area contributed by atoms with Gasteiger partial charge in [-0.3, -0.25) is 14.4 Å². The van der Waals surface area contributed by atoms with Crippen LogP contribution in [0.15, 0.2) is 48.6 Å². The van der Waals surface area contributed by atoms with Gasteiger partial charge in [0.2, 0.25) is 0 Å². The molecule has 0 rings (SSSR count). The molecule has 0 amide bonds. The van der Waals surface area contributed by atoms with E-state index < -0.39 is 6.10 Å². The summed E-state index contributed by atoms with van der Waals surface area (Å²) in [6, 6.07) is 0. The number of carbonyl (C=O) groups excluding carboxylic acids is 3. The molecule has 0 aliphatic heterocycles. The van der Waals surface area contributed by atoms with Gasteiger partial charge in [-0.2, -0.15) is 0 Å². The molecule has 0 saturated carbocycles. The molecule has 0 saturated heterocycles. The Kier molecular flexibility index (Phi) is 53.8. The molecule has 0 spiro atoms. The first-order chi connectivity index (χ1) is 33.0. The van der Waals surface area contributed by atoms with Crippen LogP contribution in [0.2, 0.25) is 0 Å². The fourth-order valence-corrected chi connectivity index (χ4v) is 8.49. The summed E-state index contributed by atoms with van der Waals surface area (Å²) in [5.41, 5.74) is 0. The van der Waals surface area contributed by atoms with Gasteiger partial charge in [-0.15, -0.1) is 0 Å². The van der Waals surface area contributed by atoms with E-state index in [1.165, 1.54) is 173 Å². The van der Waals surface area contributed by atoms with Crippen LogP contribution >= 0.6 is 0 Å². The Morgan fingerprint density at radius 3 is 0.910 bits per heavy atom. The van der Waals surface area contributed by atoms with Gasteiger partial charge in [0, 0.05) is 19.3 Å². The smallest absolute Gasteiger partial charge is 0.306 e. The van der Waals surface area contributed by atoms with Crippen molar-refractivity contribution in [1.82, 2.24) is 0 Å². The molecule has 0 aromatic heterocycles. The molecule has 1 unspecified atom stereocenters. The van der Waals surface area contributed by atoms with Gasteiger partial charge in [0.15, 0.2) is 6.10 Å². The molecule has 6 heteroatoms. The fraction of sp³-hybridized carbons (Fsp3) is 0.820. The highest BCUT2D eigenvalue weighted by molar-refractivity contribution is 5.71.